The number of rotatable bonds is 8. The number of anilines is 2. The summed E-state index contributed by atoms with van der Waals surface area (Å²) in [6.45, 7) is 2.39. The number of para-hydroxylation sites is 1. The molecule has 162 valence electrons. The summed E-state index contributed by atoms with van der Waals surface area (Å²) in [5.74, 6) is -0.195. The molecule has 0 bridgehead atoms. The molecule has 0 spiro atoms. The predicted octanol–water partition coefficient (Wildman–Crippen LogP) is 3.73. The maximum absolute atomic E-state index is 12.8. The van der Waals surface area contributed by atoms with Crippen LogP contribution < -0.4 is 11.1 Å². The number of nitro groups is 1. The van der Waals surface area contributed by atoms with E-state index in [0.29, 0.717) is 37.5 Å². The van der Waals surface area contributed by atoms with Gasteiger partial charge in [-0.05, 0) is 50.1 Å². The van der Waals surface area contributed by atoms with E-state index >= 15 is 0 Å². The van der Waals surface area contributed by atoms with Crippen molar-refractivity contribution in [3.05, 3.63) is 64.2 Å². The van der Waals surface area contributed by atoms with Crippen LogP contribution in [-0.2, 0) is 4.74 Å². The fourth-order valence-corrected chi connectivity index (χ4v) is 3.34. The first-order valence-corrected chi connectivity index (χ1v) is 9.80. The van der Waals surface area contributed by atoms with Gasteiger partial charge in [-0.3, -0.25) is 14.9 Å². The zero-order chi connectivity index (χ0) is 20.6. The normalized spacial score (nSPS) is 14.1. The molecule has 1 heterocycles. The van der Waals surface area contributed by atoms with Crippen LogP contribution in [0.25, 0.3) is 0 Å². The summed E-state index contributed by atoms with van der Waals surface area (Å²) in [5, 5.41) is 14.6. The quantitative estimate of drug-likeness (QED) is 0.372. The highest BCUT2D eigenvalue weighted by Crippen LogP contribution is 2.29. The Balaban J connectivity index is 0.00000320. The number of amides is 1. The van der Waals surface area contributed by atoms with E-state index in [4.69, 9.17) is 10.5 Å². The second-order valence-corrected chi connectivity index (χ2v) is 6.98. The molecular weight excluding hydrogens is 408 g/mol. The van der Waals surface area contributed by atoms with Crippen molar-refractivity contribution in [3.63, 3.8) is 0 Å². The van der Waals surface area contributed by atoms with Crippen molar-refractivity contribution >= 4 is 35.4 Å². The van der Waals surface area contributed by atoms with Gasteiger partial charge in [0, 0.05) is 37.0 Å². The lowest BCUT2D eigenvalue weighted by molar-refractivity contribution is -0.383. The van der Waals surface area contributed by atoms with Gasteiger partial charge in [-0.25, -0.2) is 0 Å². The number of benzene rings is 2. The highest BCUT2D eigenvalue weighted by molar-refractivity contribution is 5.96. The number of carbonyl (C=O) groups excluding carboxylic acids is 1. The number of hydrogen-bond donors (Lipinski definition) is 2. The van der Waals surface area contributed by atoms with E-state index < -0.39 is 4.92 Å². The molecule has 1 aliphatic rings. The number of nitro benzene ring substituents is 1. The summed E-state index contributed by atoms with van der Waals surface area (Å²) < 4.78 is 5.76. The highest BCUT2D eigenvalue weighted by atomic mass is 35.5. The Morgan fingerprint density at radius 2 is 1.90 bits per heavy atom. The van der Waals surface area contributed by atoms with Gasteiger partial charge in [-0.1, -0.05) is 18.2 Å². The van der Waals surface area contributed by atoms with Crippen molar-refractivity contribution in [2.24, 2.45) is 5.73 Å². The van der Waals surface area contributed by atoms with Crippen LogP contribution in [-0.4, -0.2) is 48.1 Å². The van der Waals surface area contributed by atoms with E-state index in [-0.39, 0.29) is 30.1 Å². The van der Waals surface area contributed by atoms with E-state index in [1.165, 1.54) is 6.07 Å². The third-order valence-electron chi connectivity index (χ3n) is 4.93. The lowest BCUT2D eigenvalue weighted by atomic mass is 10.1. The van der Waals surface area contributed by atoms with Gasteiger partial charge in [0.1, 0.15) is 5.69 Å². The maximum atomic E-state index is 12.8. The van der Waals surface area contributed by atoms with E-state index in [0.717, 1.165) is 24.9 Å². The minimum absolute atomic E-state index is 0. The Labute approximate surface area is 181 Å². The molecule has 0 radical (unpaired) electrons. The molecule has 2 aromatic carbocycles. The number of piperidine rings is 1. The van der Waals surface area contributed by atoms with Gasteiger partial charge >= 0.3 is 0 Å². The molecular formula is C21H27ClN4O4. The van der Waals surface area contributed by atoms with Crippen molar-refractivity contribution in [2.75, 3.05) is 31.6 Å². The summed E-state index contributed by atoms with van der Waals surface area (Å²) >= 11 is 0. The molecule has 1 saturated heterocycles. The SMILES string of the molecule is Cl.NCCCOC1CCN(C(=O)c2ccc(Nc3ccccc3)c([N+](=O)[O-])c2)CC1. The Hall–Kier alpha value is -2.68. The number of halogens is 1. The number of nitrogens with one attached hydrogen (secondary N) is 1. The second-order valence-electron chi connectivity index (χ2n) is 6.98. The minimum Gasteiger partial charge on any atom is -0.378 e. The average Bonchev–Trinajstić information content (AvgIpc) is 2.75. The van der Waals surface area contributed by atoms with Crippen LogP contribution >= 0.6 is 12.4 Å². The molecule has 30 heavy (non-hydrogen) atoms. The summed E-state index contributed by atoms with van der Waals surface area (Å²) in [5.41, 5.74) is 6.76. The predicted molar refractivity (Wildman–Crippen MR) is 119 cm³/mol. The van der Waals surface area contributed by atoms with Gasteiger partial charge in [0.15, 0.2) is 0 Å². The molecule has 1 amide bonds. The first-order valence-electron chi connectivity index (χ1n) is 9.80. The van der Waals surface area contributed by atoms with Crippen LogP contribution in [0.15, 0.2) is 48.5 Å². The first kappa shape index (κ1) is 23.6. The third kappa shape index (κ3) is 6.16. The molecule has 8 nitrogen and oxygen atoms in total. The van der Waals surface area contributed by atoms with Crippen LogP contribution in [0.2, 0.25) is 0 Å². The molecule has 0 atom stereocenters. The van der Waals surface area contributed by atoms with Gasteiger partial charge < -0.3 is 20.7 Å². The van der Waals surface area contributed by atoms with Crippen molar-refractivity contribution in [1.82, 2.24) is 4.90 Å². The molecule has 0 unspecified atom stereocenters. The van der Waals surface area contributed by atoms with Gasteiger partial charge in [-0.15, -0.1) is 12.4 Å². The van der Waals surface area contributed by atoms with Crippen molar-refractivity contribution in [1.29, 1.82) is 0 Å². The topological polar surface area (TPSA) is 111 Å². The molecule has 0 aliphatic carbocycles. The van der Waals surface area contributed by atoms with E-state index in [2.05, 4.69) is 5.32 Å². The van der Waals surface area contributed by atoms with Crippen LogP contribution in [0.3, 0.4) is 0 Å². The zero-order valence-corrected chi connectivity index (χ0v) is 17.5. The Kier molecular flexibility index (Phi) is 9.04. The van der Waals surface area contributed by atoms with E-state index in [1.807, 2.05) is 30.3 Å². The average molecular weight is 435 g/mol. The van der Waals surface area contributed by atoms with E-state index in [1.54, 1.807) is 17.0 Å². The largest absolute Gasteiger partial charge is 0.378 e. The number of likely N-dealkylation sites (tertiary alicyclic amines) is 1. The van der Waals surface area contributed by atoms with Crippen molar-refractivity contribution < 1.29 is 14.5 Å². The number of ether oxygens (including phenoxy) is 1. The summed E-state index contributed by atoms with van der Waals surface area (Å²) in [7, 11) is 0. The smallest absolute Gasteiger partial charge is 0.293 e. The highest BCUT2D eigenvalue weighted by Gasteiger charge is 2.26. The fraction of sp³-hybridized carbons (Fsp3) is 0.381. The molecule has 3 rings (SSSR count). The van der Waals surface area contributed by atoms with Gasteiger partial charge in [0.2, 0.25) is 0 Å². The summed E-state index contributed by atoms with van der Waals surface area (Å²) in [6, 6.07) is 13.8. The number of carbonyl (C=O) groups is 1. The molecule has 9 heteroatoms. The minimum atomic E-state index is -0.473. The summed E-state index contributed by atoms with van der Waals surface area (Å²) in [4.78, 5) is 25.6. The van der Waals surface area contributed by atoms with Crippen LogP contribution in [0, 0.1) is 10.1 Å². The van der Waals surface area contributed by atoms with Crippen molar-refractivity contribution in [2.45, 2.75) is 25.4 Å². The fourth-order valence-electron chi connectivity index (χ4n) is 3.34. The molecule has 2 aromatic rings. The third-order valence-corrected chi connectivity index (χ3v) is 4.93. The van der Waals surface area contributed by atoms with E-state index in [9.17, 15) is 14.9 Å². The van der Waals surface area contributed by atoms with Crippen LogP contribution in [0.1, 0.15) is 29.6 Å². The van der Waals surface area contributed by atoms with Gasteiger partial charge in [-0.2, -0.15) is 0 Å². The van der Waals surface area contributed by atoms with Crippen LogP contribution in [0.5, 0.6) is 0 Å². The Bertz CT molecular complexity index is 842. The monoisotopic (exact) mass is 434 g/mol. The molecule has 0 aromatic heterocycles. The van der Waals surface area contributed by atoms with Gasteiger partial charge in [0.05, 0.1) is 11.0 Å². The number of nitrogens with two attached hydrogens (primary N) is 1. The maximum Gasteiger partial charge on any atom is 0.293 e. The zero-order valence-electron chi connectivity index (χ0n) is 16.7. The molecule has 1 aliphatic heterocycles. The van der Waals surface area contributed by atoms with Crippen molar-refractivity contribution in [3.8, 4) is 0 Å². The van der Waals surface area contributed by atoms with Gasteiger partial charge in [0.25, 0.3) is 11.6 Å². The summed E-state index contributed by atoms with van der Waals surface area (Å²) in [6.07, 6.45) is 2.47. The molecule has 3 N–H and O–H groups in total. The molecule has 1 fully saturated rings. The lowest BCUT2D eigenvalue weighted by Gasteiger charge is -2.32. The second kappa shape index (κ2) is 11.5. The standard InChI is InChI=1S/C21H26N4O4.ClH/c22-11-4-14-29-18-9-12-24(13-10-18)21(26)16-7-8-19(20(15-16)25(27)28)23-17-5-2-1-3-6-17;/h1-3,5-8,15,18,23H,4,9-14,22H2;1H. The molecule has 0 saturated carbocycles. The number of nitrogens with zero attached hydrogens (tertiary/aromatic N) is 2. The number of hydrogen-bond acceptors (Lipinski definition) is 6. The van der Waals surface area contributed by atoms with Crippen LogP contribution in [0.4, 0.5) is 17.1 Å². The first-order chi connectivity index (χ1) is 14.1. The lowest BCUT2D eigenvalue weighted by Crippen LogP contribution is -2.41. The Morgan fingerprint density at radius 3 is 2.53 bits per heavy atom. The Morgan fingerprint density at radius 1 is 1.20 bits per heavy atom.